The molecule has 84 valence electrons. The zero-order valence-corrected chi connectivity index (χ0v) is 8.61. The predicted molar refractivity (Wildman–Crippen MR) is 52.7 cm³/mol. The molecule has 0 aromatic heterocycles. The van der Waals surface area contributed by atoms with Crippen LogP contribution in [0.5, 0.6) is 5.75 Å². The third kappa shape index (κ3) is 4.75. The molecule has 1 aromatic carbocycles. The Kier molecular flexibility index (Phi) is 3.65. The largest absolute Gasteiger partial charge is 0.508 e. The third-order valence-corrected chi connectivity index (χ3v) is 2.56. The van der Waals surface area contributed by atoms with Gasteiger partial charge in [0.25, 0.3) is 0 Å². The van der Waals surface area contributed by atoms with E-state index in [0.29, 0.717) is 5.56 Å². The Labute approximate surface area is 87.2 Å². The number of phenols is 1. The molecule has 0 aliphatic carbocycles. The van der Waals surface area contributed by atoms with E-state index < -0.39 is 22.1 Å². The molecule has 6 heteroatoms. The van der Waals surface area contributed by atoms with Gasteiger partial charge < -0.3 is 10.2 Å². The Morgan fingerprint density at radius 1 is 1.40 bits per heavy atom. The van der Waals surface area contributed by atoms with Crippen LogP contribution in [0.2, 0.25) is 0 Å². The second kappa shape index (κ2) is 4.59. The summed E-state index contributed by atoms with van der Waals surface area (Å²) in [7, 11) is -4.67. The number of halogens is 1. The standard InChI is InChI=1S/C9H11FO4S/c10-15(13,14)6-9(12)5-7-2-1-3-8(11)4-7/h1-4,9,11-12H,5-6H2. The van der Waals surface area contributed by atoms with Crippen molar-refractivity contribution in [3.63, 3.8) is 0 Å². The highest BCUT2D eigenvalue weighted by molar-refractivity contribution is 7.86. The van der Waals surface area contributed by atoms with Crippen LogP contribution in [-0.4, -0.2) is 30.5 Å². The van der Waals surface area contributed by atoms with Gasteiger partial charge in [0.15, 0.2) is 0 Å². The molecule has 0 aliphatic heterocycles. The van der Waals surface area contributed by atoms with E-state index in [1.165, 1.54) is 12.1 Å². The Bertz CT molecular complexity index is 429. The quantitative estimate of drug-likeness (QED) is 0.748. The van der Waals surface area contributed by atoms with Gasteiger partial charge in [-0.3, -0.25) is 0 Å². The number of hydrogen-bond donors (Lipinski definition) is 2. The molecule has 1 unspecified atom stereocenters. The number of phenolic OH excluding ortho intramolecular Hbond substituents is 1. The summed E-state index contributed by atoms with van der Waals surface area (Å²) in [4.78, 5) is 0. The van der Waals surface area contributed by atoms with Gasteiger partial charge in [0.05, 0.1) is 6.10 Å². The summed E-state index contributed by atoms with van der Waals surface area (Å²) in [6, 6.07) is 5.99. The molecule has 15 heavy (non-hydrogen) atoms. The van der Waals surface area contributed by atoms with Crippen LogP contribution in [0.3, 0.4) is 0 Å². The van der Waals surface area contributed by atoms with Gasteiger partial charge in [0.2, 0.25) is 0 Å². The number of benzene rings is 1. The van der Waals surface area contributed by atoms with Crippen LogP contribution >= 0.6 is 0 Å². The van der Waals surface area contributed by atoms with Crippen LogP contribution in [0, 0.1) is 0 Å². The summed E-state index contributed by atoms with van der Waals surface area (Å²) in [6.45, 7) is 0. The number of aliphatic hydroxyl groups is 1. The van der Waals surface area contributed by atoms with Crippen molar-refractivity contribution < 1.29 is 22.5 Å². The molecule has 0 amide bonds. The van der Waals surface area contributed by atoms with E-state index in [1.54, 1.807) is 12.1 Å². The fraction of sp³-hybridized carbons (Fsp3) is 0.333. The molecule has 2 N–H and O–H groups in total. The Hall–Kier alpha value is -1.14. The SMILES string of the molecule is O=S(=O)(F)CC(O)Cc1cccc(O)c1. The van der Waals surface area contributed by atoms with E-state index in [4.69, 9.17) is 5.11 Å². The van der Waals surface area contributed by atoms with E-state index >= 15 is 0 Å². The summed E-state index contributed by atoms with van der Waals surface area (Å²) in [5.41, 5.74) is 0.547. The third-order valence-electron chi connectivity index (χ3n) is 1.77. The van der Waals surface area contributed by atoms with Gasteiger partial charge >= 0.3 is 10.2 Å². The molecular formula is C9H11FO4S. The van der Waals surface area contributed by atoms with Crippen LogP contribution in [0.4, 0.5) is 3.89 Å². The number of aromatic hydroxyl groups is 1. The summed E-state index contributed by atoms with van der Waals surface area (Å²) in [5.74, 6) is -0.911. The molecule has 0 spiro atoms. The van der Waals surface area contributed by atoms with E-state index in [1.807, 2.05) is 0 Å². The van der Waals surface area contributed by atoms with Crippen LogP contribution in [0.15, 0.2) is 24.3 Å². The maximum atomic E-state index is 12.2. The van der Waals surface area contributed by atoms with Crippen LogP contribution in [0.1, 0.15) is 5.56 Å². The maximum Gasteiger partial charge on any atom is 0.304 e. The van der Waals surface area contributed by atoms with Crippen molar-refractivity contribution in [2.45, 2.75) is 12.5 Å². The summed E-state index contributed by atoms with van der Waals surface area (Å²) >= 11 is 0. The van der Waals surface area contributed by atoms with Gasteiger partial charge in [0, 0.05) is 0 Å². The minimum absolute atomic E-state index is 0.0163. The van der Waals surface area contributed by atoms with Crippen LogP contribution < -0.4 is 0 Å². The van der Waals surface area contributed by atoms with E-state index in [0.717, 1.165) is 0 Å². The van der Waals surface area contributed by atoms with Crippen molar-refractivity contribution >= 4 is 10.2 Å². The lowest BCUT2D eigenvalue weighted by Crippen LogP contribution is -2.20. The van der Waals surface area contributed by atoms with Crippen LogP contribution in [-0.2, 0) is 16.6 Å². The first kappa shape index (κ1) is 11.9. The zero-order valence-electron chi connectivity index (χ0n) is 7.80. The van der Waals surface area contributed by atoms with Crippen molar-refractivity contribution in [1.82, 2.24) is 0 Å². The number of rotatable bonds is 4. The monoisotopic (exact) mass is 234 g/mol. The molecule has 1 atom stereocenters. The molecule has 0 radical (unpaired) electrons. The molecule has 0 fully saturated rings. The first-order chi connectivity index (χ1) is 6.87. The highest BCUT2D eigenvalue weighted by Gasteiger charge is 2.16. The molecule has 0 bridgehead atoms. The predicted octanol–water partition coefficient (Wildman–Crippen LogP) is 0.595. The average molecular weight is 234 g/mol. The Morgan fingerprint density at radius 3 is 2.60 bits per heavy atom. The number of aliphatic hydroxyl groups excluding tert-OH is 1. The van der Waals surface area contributed by atoms with E-state index in [2.05, 4.69) is 0 Å². The van der Waals surface area contributed by atoms with Crippen molar-refractivity contribution in [1.29, 1.82) is 0 Å². The second-order valence-electron chi connectivity index (χ2n) is 3.23. The lowest BCUT2D eigenvalue weighted by Gasteiger charge is -2.07. The Morgan fingerprint density at radius 2 is 2.07 bits per heavy atom. The van der Waals surface area contributed by atoms with Crippen molar-refractivity contribution in [2.75, 3.05) is 5.75 Å². The van der Waals surface area contributed by atoms with Crippen molar-refractivity contribution in [2.24, 2.45) is 0 Å². The maximum absolute atomic E-state index is 12.2. The molecule has 0 aliphatic rings. The topological polar surface area (TPSA) is 74.6 Å². The smallest absolute Gasteiger partial charge is 0.304 e. The fourth-order valence-corrected chi connectivity index (χ4v) is 1.82. The van der Waals surface area contributed by atoms with E-state index in [-0.39, 0.29) is 12.2 Å². The zero-order chi connectivity index (χ0) is 11.5. The molecule has 0 heterocycles. The first-order valence-corrected chi connectivity index (χ1v) is 5.80. The molecular weight excluding hydrogens is 223 g/mol. The van der Waals surface area contributed by atoms with Gasteiger partial charge in [-0.1, -0.05) is 12.1 Å². The minimum atomic E-state index is -4.67. The normalized spacial score (nSPS) is 13.7. The highest BCUT2D eigenvalue weighted by Crippen LogP contribution is 2.13. The first-order valence-electron chi connectivity index (χ1n) is 4.25. The molecule has 1 aromatic rings. The minimum Gasteiger partial charge on any atom is -0.508 e. The summed E-state index contributed by atoms with van der Waals surface area (Å²) in [5, 5.41) is 18.3. The van der Waals surface area contributed by atoms with Gasteiger partial charge in [-0.15, -0.1) is 3.89 Å². The van der Waals surface area contributed by atoms with Crippen molar-refractivity contribution in [3.05, 3.63) is 29.8 Å². The fourth-order valence-electron chi connectivity index (χ4n) is 1.24. The molecule has 0 saturated heterocycles. The Balaban J connectivity index is 2.63. The highest BCUT2D eigenvalue weighted by atomic mass is 32.3. The van der Waals surface area contributed by atoms with Crippen LogP contribution in [0.25, 0.3) is 0 Å². The van der Waals surface area contributed by atoms with Crippen molar-refractivity contribution in [3.8, 4) is 5.75 Å². The van der Waals surface area contributed by atoms with Gasteiger partial charge in [-0.05, 0) is 24.1 Å². The van der Waals surface area contributed by atoms with Gasteiger partial charge in [-0.2, -0.15) is 8.42 Å². The summed E-state index contributed by atoms with van der Waals surface area (Å²) in [6.07, 6.45) is -1.32. The summed E-state index contributed by atoms with van der Waals surface area (Å²) < 4.78 is 32.6. The van der Waals surface area contributed by atoms with Gasteiger partial charge in [0.1, 0.15) is 11.5 Å². The molecule has 0 saturated carbocycles. The van der Waals surface area contributed by atoms with Gasteiger partial charge in [-0.25, -0.2) is 0 Å². The molecule has 1 rings (SSSR count). The van der Waals surface area contributed by atoms with E-state index in [9.17, 15) is 17.4 Å². The second-order valence-corrected chi connectivity index (χ2v) is 4.64. The average Bonchev–Trinajstić information content (AvgIpc) is 1.99. The number of hydrogen-bond acceptors (Lipinski definition) is 4. The molecule has 4 nitrogen and oxygen atoms in total. The lowest BCUT2D eigenvalue weighted by molar-refractivity contribution is 0.196. The lowest BCUT2D eigenvalue weighted by atomic mass is 10.1.